The van der Waals surface area contributed by atoms with Crippen LogP contribution in [0.3, 0.4) is 0 Å². The van der Waals surface area contributed by atoms with Gasteiger partial charge >= 0.3 is 0 Å². The van der Waals surface area contributed by atoms with Crippen LogP contribution >= 0.6 is 11.8 Å². The monoisotopic (exact) mass is 313 g/mol. The molecule has 20 heavy (non-hydrogen) atoms. The van der Waals surface area contributed by atoms with Crippen LogP contribution in [0.5, 0.6) is 0 Å². The van der Waals surface area contributed by atoms with E-state index in [1.807, 2.05) is 12.3 Å². The number of nitrogens with one attached hydrogen (secondary N) is 1. The van der Waals surface area contributed by atoms with Crippen LogP contribution < -0.4 is 4.72 Å². The summed E-state index contributed by atoms with van der Waals surface area (Å²) in [5.74, 6) is 0. The lowest BCUT2D eigenvalue weighted by atomic mass is 10.0. The second kappa shape index (κ2) is 7.07. The van der Waals surface area contributed by atoms with Crippen molar-refractivity contribution in [3.8, 4) is 6.07 Å². The van der Waals surface area contributed by atoms with Crippen molar-refractivity contribution in [2.24, 2.45) is 0 Å². The minimum Gasteiger partial charge on any atom is -0.244 e. The van der Waals surface area contributed by atoms with Crippen molar-refractivity contribution in [1.29, 1.82) is 5.26 Å². The zero-order chi connectivity index (χ0) is 15.2. The fraction of sp³-hybridized carbons (Fsp3) is 0.538. The van der Waals surface area contributed by atoms with E-state index >= 15 is 0 Å². The lowest BCUT2D eigenvalue weighted by Crippen LogP contribution is -2.39. The zero-order valence-electron chi connectivity index (χ0n) is 11.9. The Labute approximate surface area is 124 Å². The Hall–Kier alpha value is -1.10. The first kappa shape index (κ1) is 17.0. The molecular formula is C13H19N3O2S2. The first-order chi connectivity index (χ1) is 9.43. The van der Waals surface area contributed by atoms with Crippen molar-refractivity contribution in [1.82, 2.24) is 9.71 Å². The molecule has 1 aromatic rings. The minimum atomic E-state index is -3.58. The number of hydrogen-bond acceptors (Lipinski definition) is 5. The van der Waals surface area contributed by atoms with Gasteiger partial charge < -0.3 is 0 Å². The van der Waals surface area contributed by atoms with Gasteiger partial charge in [0.15, 0.2) is 0 Å². The normalized spacial score (nSPS) is 12.1. The summed E-state index contributed by atoms with van der Waals surface area (Å²) in [4.78, 5) is 3.87. The number of nitriles is 1. The fourth-order valence-electron chi connectivity index (χ4n) is 1.78. The highest BCUT2D eigenvalue weighted by atomic mass is 32.2. The number of pyridine rings is 1. The lowest BCUT2D eigenvalue weighted by molar-refractivity contribution is 0.522. The van der Waals surface area contributed by atoms with Crippen LogP contribution in [0.25, 0.3) is 0 Å². The number of rotatable bonds is 7. The summed E-state index contributed by atoms with van der Waals surface area (Å²) in [6.07, 6.45) is 4.97. The molecule has 0 radical (unpaired) electrons. The highest BCUT2D eigenvalue weighted by Crippen LogP contribution is 2.30. The molecule has 0 spiro atoms. The second-order valence-corrected chi connectivity index (χ2v) is 7.45. The summed E-state index contributed by atoms with van der Waals surface area (Å²) >= 11 is 1.67. The third-order valence-electron chi connectivity index (χ3n) is 3.47. The Morgan fingerprint density at radius 3 is 2.45 bits per heavy atom. The molecule has 0 saturated carbocycles. The maximum Gasteiger partial charge on any atom is 0.242 e. The fourth-order valence-corrected chi connectivity index (χ4v) is 3.73. The maximum absolute atomic E-state index is 12.2. The van der Waals surface area contributed by atoms with Crippen molar-refractivity contribution >= 4 is 21.8 Å². The summed E-state index contributed by atoms with van der Waals surface area (Å²) in [5, 5.41) is 8.66. The van der Waals surface area contributed by atoms with E-state index in [0.29, 0.717) is 6.54 Å². The average Bonchev–Trinajstić information content (AvgIpc) is 2.49. The Kier molecular flexibility index (Phi) is 5.99. The Balaban J connectivity index is 2.87. The number of sulfonamides is 1. The van der Waals surface area contributed by atoms with Crippen LogP contribution in [-0.4, -0.2) is 30.9 Å². The molecule has 0 aliphatic heterocycles. The molecule has 1 heterocycles. The predicted octanol–water partition coefficient (Wildman–Crippen LogP) is 2.15. The van der Waals surface area contributed by atoms with Crippen LogP contribution in [0.1, 0.15) is 32.4 Å². The van der Waals surface area contributed by atoms with Gasteiger partial charge in [0, 0.05) is 17.5 Å². The van der Waals surface area contributed by atoms with Crippen LogP contribution in [0.4, 0.5) is 0 Å². The first-order valence-electron chi connectivity index (χ1n) is 6.34. The summed E-state index contributed by atoms with van der Waals surface area (Å²) in [6.45, 7) is 4.48. The number of nitrogens with zero attached hydrogens (tertiary/aromatic N) is 2. The van der Waals surface area contributed by atoms with Crippen molar-refractivity contribution in [2.45, 2.75) is 36.3 Å². The molecule has 0 bridgehead atoms. The predicted molar refractivity (Wildman–Crippen MR) is 81.0 cm³/mol. The van der Waals surface area contributed by atoms with E-state index in [1.54, 1.807) is 11.8 Å². The average molecular weight is 313 g/mol. The molecule has 7 heteroatoms. The molecule has 0 fully saturated rings. The third kappa shape index (κ3) is 3.95. The number of thioether (sulfide) groups is 1. The Morgan fingerprint density at radius 1 is 1.40 bits per heavy atom. The van der Waals surface area contributed by atoms with Crippen molar-refractivity contribution in [2.75, 3.05) is 12.8 Å². The van der Waals surface area contributed by atoms with Crippen LogP contribution in [0.2, 0.25) is 0 Å². The van der Waals surface area contributed by atoms with E-state index in [-0.39, 0.29) is 15.3 Å². The standard InChI is InChI=1S/C13H19N3O2S2/c1-4-13(5-2,19-3)10-16-20(17,18)12-7-6-11(8-14)15-9-12/h6-7,9,16H,4-5,10H2,1-3H3. The summed E-state index contributed by atoms with van der Waals surface area (Å²) < 4.78 is 26.9. The molecule has 0 aliphatic carbocycles. The first-order valence-corrected chi connectivity index (χ1v) is 9.05. The topological polar surface area (TPSA) is 82.9 Å². The van der Waals surface area contributed by atoms with E-state index in [9.17, 15) is 8.42 Å². The van der Waals surface area contributed by atoms with E-state index in [4.69, 9.17) is 5.26 Å². The molecule has 1 rings (SSSR count). The van der Waals surface area contributed by atoms with Gasteiger partial charge in [-0.1, -0.05) is 13.8 Å². The van der Waals surface area contributed by atoms with E-state index in [1.165, 1.54) is 18.3 Å². The van der Waals surface area contributed by atoms with Gasteiger partial charge in [0.2, 0.25) is 10.0 Å². The van der Waals surface area contributed by atoms with Gasteiger partial charge in [0.25, 0.3) is 0 Å². The Morgan fingerprint density at radius 2 is 2.05 bits per heavy atom. The van der Waals surface area contributed by atoms with E-state index in [2.05, 4.69) is 23.6 Å². The van der Waals surface area contributed by atoms with Crippen molar-refractivity contribution in [3.05, 3.63) is 24.0 Å². The second-order valence-electron chi connectivity index (χ2n) is 4.41. The van der Waals surface area contributed by atoms with Gasteiger partial charge in [-0.05, 0) is 31.2 Å². The van der Waals surface area contributed by atoms with Crippen LogP contribution in [0, 0.1) is 11.3 Å². The lowest BCUT2D eigenvalue weighted by Gasteiger charge is -2.29. The molecule has 110 valence electrons. The molecule has 1 N–H and O–H groups in total. The molecule has 0 atom stereocenters. The zero-order valence-corrected chi connectivity index (χ0v) is 13.5. The van der Waals surface area contributed by atoms with Crippen molar-refractivity contribution < 1.29 is 8.42 Å². The molecular weight excluding hydrogens is 294 g/mol. The van der Waals surface area contributed by atoms with Crippen molar-refractivity contribution in [3.63, 3.8) is 0 Å². The van der Waals surface area contributed by atoms with Gasteiger partial charge in [-0.15, -0.1) is 0 Å². The third-order valence-corrected chi connectivity index (χ3v) is 6.44. The number of aromatic nitrogens is 1. The van der Waals surface area contributed by atoms with Gasteiger partial charge in [0.05, 0.1) is 0 Å². The molecule has 0 amide bonds. The minimum absolute atomic E-state index is 0.0821. The smallest absolute Gasteiger partial charge is 0.242 e. The van der Waals surface area contributed by atoms with E-state index in [0.717, 1.165) is 12.8 Å². The number of hydrogen-bond donors (Lipinski definition) is 1. The van der Waals surface area contributed by atoms with Gasteiger partial charge in [-0.3, -0.25) is 0 Å². The highest BCUT2D eigenvalue weighted by molar-refractivity contribution is 8.00. The van der Waals surface area contributed by atoms with E-state index < -0.39 is 10.0 Å². The van der Waals surface area contributed by atoms with Gasteiger partial charge in [0.1, 0.15) is 16.7 Å². The van der Waals surface area contributed by atoms with Gasteiger partial charge in [-0.2, -0.15) is 17.0 Å². The molecule has 0 saturated heterocycles. The van der Waals surface area contributed by atoms with Crippen LogP contribution in [-0.2, 0) is 10.0 Å². The highest BCUT2D eigenvalue weighted by Gasteiger charge is 2.27. The van der Waals surface area contributed by atoms with Gasteiger partial charge in [-0.25, -0.2) is 18.1 Å². The Bertz CT molecular complexity index is 564. The van der Waals surface area contributed by atoms with Crippen LogP contribution in [0.15, 0.2) is 23.2 Å². The SMILES string of the molecule is CCC(CC)(CNS(=O)(=O)c1ccc(C#N)nc1)SC. The molecule has 1 aromatic heterocycles. The quantitative estimate of drug-likeness (QED) is 0.834. The summed E-state index contributed by atoms with van der Waals surface area (Å²) in [6, 6.07) is 4.65. The molecule has 0 aromatic carbocycles. The molecule has 0 unspecified atom stereocenters. The summed E-state index contributed by atoms with van der Waals surface area (Å²) in [7, 11) is -3.58. The molecule has 5 nitrogen and oxygen atoms in total. The largest absolute Gasteiger partial charge is 0.244 e. The summed E-state index contributed by atoms with van der Waals surface area (Å²) in [5.41, 5.74) is 0.199. The molecule has 0 aliphatic rings. The maximum atomic E-state index is 12.2.